The number of rotatable bonds is 3. The van der Waals surface area contributed by atoms with Crippen LogP contribution in [0.25, 0.3) is 0 Å². The second-order valence-corrected chi connectivity index (χ2v) is 2.63. The number of hydrogen-bond donors (Lipinski definition) is 2. The molecule has 0 aromatic carbocycles. The van der Waals surface area contributed by atoms with Crippen molar-refractivity contribution in [2.45, 2.75) is 6.54 Å². The topological polar surface area (TPSA) is 88.5 Å². The molecule has 0 unspecified atom stereocenters. The van der Waals surface area contributed by atoms with E-state index in [0.29, 0.717) is 5.69 Å². The van der Waals surface area contributed by atoms with E-state index in [1.54, 1.807) is 6.20 Å². The molecule has 0 saturated carbocycles. The van der Waals surface area contributed by atoms with Gasteiger partial charge in [-0.15, -0.1) is 0 Å². The SMILES string of the molecule is O=C(Cn1cncn1)Nc1cn[nH]c1. The zero-order valence-corrected chi connectivity index (χ0v) is 7.21. The van der Waals surface area contributed by atoms with Gasteiger partial charge >= 0.3 is 0 Å². The van der Waals surface area contributed by atoms with Crippen molar-refractivity contribution in [3.8, 4) is 0 Å². The molecule has 2 heterocycles. The summed E-state index contributed by atoms with van der Waals surface area (Å²) in [6.07, 6.45) is 5.98. The van der Waals surface area contributed by atoms with Crippen molar-refractivity contribution in [3.63, 3.8) is 0 Å². The molecule has 0 atom stereocenters. The lowest BCUT2D eigenvalue weighted by Crippen LogP contribution is -2.18. The number of carbonyl (C=O) groups is 1. The molecule has 1 amide bonds. The molecule has 0 aliphatic heterocycles. The van der Waals surface area contributed by atoms with Crippen LogP contribution < -0.4 is 5.32 Å². The predicted octanol–water partition coefficient (Wildman–Crippen LogP) is -0.360. The van der Waals surface area contributed by atoms with E-state index in [0.717, 1.165) is 0 Å². The van der Waals surface area contributed by atoms with Gasteiger partial charge in [-0.05, 0) is 0 Å². The van der Waals surface area contributed by atoms with Crippen LogP contribution in [0.2, 0.25) is 0 Å². The van der Waals surface area contributed by atoms with Gasteiger partial charge < -0.3 is 5.32 Å². The molecule has 2 rings (SSSR count). The Morgan fingerprint density at radius 1 is 1.64 bits per heavy atom. The summed E-state index contributed by atoms with van der Waals surface area (Å²) in [4.78, 5) is 15.1. The lowest BCUT2D eigenvalue weighted by atomic mass is 10.5. The van der Waals surface area contributed by atoms with E-state index in [4.69, 9.17) is 0 Å². The van der Waals surface area contributed by atoms with Crippen LogP contribution in [0.3, 0.4) is 0 Å². The average molecular weight is 192 g/mol. The van der Waals surface area contributed by atoms with Gasteiger partial charge in [0.05, 0.1) is 11.9 Å². The maximum absolute atomic E-state index is 11.3. The van der Waals surface area contributed by atoms with Crippen LogP contribution in [0, 0.1) is 0 Å². The van der Waals surface area contributed by atoms with E-state index >= 15 is 0 Å². The molecule has 7 heteroatoms. The normalized spacial score (nSPS) is 10.0. The van der Waals surface area contributed by atoms with Crippen molar-refractivity contribution in [2.75, 3.05) is 5.32 Å². The fraction of sp³-hybridized carbons (Fsp3) is 0.143. The van der Waals surface area contributed by atoms with Crippen LogP contribution in [0.4, 0.5) is 5.69 Å². The van der Waals surface area contributed by atoms with Crippen molar-refractivity contribution >= 4 is 11.6 Å². The van der Waals surface area contributed by atoms with Gasteiger partial charge in [-0.25, -0.2) is 9.67 Å². The zero-order chi connectivity index (χ0) is 9.80. The fourth-order valence-corrected chi connectivity index (χ4v) is 0.981. The van der Waals surface area contributed by atoms with E-state index in [1.165, 1.54) is 23.5 Å². The van der Waals surface area contributed by atoms with E-state index in [1.807, 2.05) is 0 Å². The van der Waals surface area contributed by atoms with Gasteiger partial charge in [-0.2, -0.15) is 10.2 Å². The second-order valence-electron chi connectivity index (χ2n) is 2.63. The number of aromatic amines is 1. The number of H-pyrrole nitrogens is 1. The third-order valence-electron chi connectivity index (χ3n) is 1.55. The minimum Gasteiger partial charge on any atom is -0.322 e. The Kier molecular flexibility index (Phi) is 2.22. The van der Waals surface area contributed by atoms with Gasteiger partial charge in [0.25, 0.3) is 0 Å². The fourth-order valence-electron chi connectivity index (χ4n) is 0.981. The van der Waals surface area contributed by atoms with E-state index in [-0.39, 0.29) is 12.5 Å². The monoisotopic (exact) mass is 192 g/mol. The van der Waals surface area contributed by atoms with Crippen LogP contribution in [-0.2, 0) is 11.3 Å². The van der Waals surface area contributed by atoms with Crippen LogP contribution >= 0.6 is 0 Å². The number of carbonyl (C=O) groups excluding carboxylic acids is 1. The number of nitrogens with one attached hydrogen (secondary N) is 2. The molecule has 0 aliphatic carbocycles. The zero-order valence-electron chi connectivity index (χ0n) is 7.21. The van der Waals surface area contributed by atoms with Crippen molar-refractivity contribution in [2.24, 2.45) is 0 Å². The third kappa shape index (κ3) is 1.94. The maximum Gasteiger partial charge on any atom is 0.246 e. The van der Waals surface area contributed by atoms with E-state index in [2.05, 4.69) is 25.6 Å². The van der Waals surface area contributed by atoms with Crippen molar-refractivity contribution in [1.82, 2.24) is 25.0 Å². The highest BCUT2D eigenvalue weighted by Crippen LogP contribution is 2.00. The quantitative estimate of drug-likeness (QED) is 0.695. The van der Waals surface area contributed by atoms with Gasteiger partial charge in [0.1, 0.15) is 19.2 Å². The molecule has 0 spiro atoms. The molecule has 2 aromatic heterocycles. The smallest absolute Gasteiger partial charge is 0.246 e. The highest BCUT2D eigenvalue weighted by Gasteiger charge is 2.03. The third-order valence-corrected chi connectivity index (χ3v) is 1.55. The standard InChI is InChI=1S/C7H8N6O/c14-7(3-13-5-8-4-11-13)12-6-1-9-10-2-6/h1-2,4-5H,3H2,(H,9,10)(H,12,14). The summed E-state index contributed by atoms with van der Waals surface area (Å²) in [5, 5.41) is 12.7. The summed E-state index contributed by atoms with van der Waals surface area (Å²) in [6, 6.07) is 0. The first-order valence-electron chi connectivity index (χ1n) is 3.95. The molecular formula is C7H8N6O. The Labute approximate surface area is 79.2 Å². The Bertz CT molecular complexity index is 354. The minimum atomic E-state index is -0.170. The molecule has 2 aromatic rings. The molecule has 0 aliphatic rings. The summed E-state index contributed by atoms with van der Waals surface area (Å²) in [5.74, 6) is -0.170. The molecule has 0 fully saturated rings. The summed E-state index contributed by atoms with van der Waals surface area (Å²) < 4.78 is 1.44. The van der Waals surface area contributed by atoms with Crippen LogP contribution in [0.5, 0.6) is 0 Å². The van der Waals surface area contributed by atoms with Gasteiger partial charge in [-0.3, -0.25) is 9.89 Å². The average Bonchev–Trinajstić information content (AvgIpc) is 2.76. The van der Waals surface area contributed by atoms with E-state index in [9.17, 15) is 4.79 Å². The molecular weight excluding hydrogens is 184 g/mol. The van der Waals surface area contributed by atoms with Crippen molar-refractivity contribution in [1.29, 1.82) is 0 Å². The lowest BCUT2D eigenvalue weighted by Gasteiger charge is -2.00. The van der Waals surface area contributed by atoms with Gasteiger partial charge in [0.15, 0.2) is 0 Å². The predicted molar refractivity (Wildman–Crippen MR) is 47.2 cm³/mol. The molecule has 72 valence electrons. The molecule has 14 heavy (non-hydrogen) atoms. The molecule has 0 radical (unpaired) electrons. The van der Waals surface area contributed by atoms with Gasteiger partial charge in [0.2, 0.25) is 5.91 Å². The lowest BCUT2D eigenvalue weighted by molar-refractivity contribution is -0.116. The number of aromatic nitrogens is 5. The van der Waals surface area contributed by atoms with Gasteiger partial charge in [-0.1, -0.05) is 0 Å². The highest BCUT2D eigenvalue weighted by molar-refractivity contribution is 5.90. The van der Waals surface area contributed by atoms with Crippen LogP contribution in [-0.4, -0.2) is 30.9 Å². The Morgan fingerprint density at radius 3 is 3.21 bits per heavy atom. The number of hydrogen-bond acceptors (Lipinski definition) is 4. The summed E-state index contributed by atoms with van der Waals surface area (Å²) in [6.45, 7) is 0.144. The molecule has 2 N–H and O–H groups in total. The Morgan fingerprint density at radius 2 is 2.57 bits per heavy atom. The number of anilines is 1. The van der Waals surface area contributed by atoms with Crippen LogP contribution in [0.15, 0.2) is 25.0 Å². The number of amides is 1. The highest BCUT2D eigenvalue weighted by atomic mass is 16.2. The Hall–Kier alpha value is -2.18. The van der Waals surface area contributed by atoms with Crippen molar-refractivity contribution < 1.29 is 4.79 Å². The Balaban J connectivity index is 1.91. The first-order chi connectivity index (χ1) is 6.84. The van der Waals surface area contributed by atoms with Gasteiger partial charge in [0, 0.05) is 6.20 Å². The van der Waals surface area contributed by atoms with Crippen molar-refractivity contribution in [3.05, 3.63) is 25.0 Å². The summed E-state index contributed by atoms with van der Waals surface area (Å²) in [5.41, 5.74) is 0.634. The first kappa shape index (κ1) is 8.42. The molecule has 0 saturated heterocycles. The largest absolute Gasteiger partial charge is 0.322 e. The molecule has 7 nitrogen and oxygen atoms in total. The maximum atomic E-state index is 11.3. The van der Waals surface area contributed by atoms with Crippen LogP contribution in [0.1, 0.15) is 0 Å². The summed E-state index contributed by atoms with van der Waals surface area (Å²) >= 11 is 0. The summed E-state index contributed by atoms with van der Waals surface area (Å²) in [7, 11) is 0. The number of nitrogens with zero attached hydrogens (tertiary/aromatic N) is 4. The second kappa shape index (κ2) is 3.69. The molecule has 0 bridgehead atoms. The van der Waals surface area contributed by atoms with E-state index < -0.39 is 0 Å². The first-order valence-corrected chi connectivity index (χ1v) is 3.95. The minimum absolute atomic E-state index is 0.144.